The lowest BCUT2D eigenvalue weighted by Crippen LogP contribution is -2.05. The molecule has 0 spiro atoms. The van der Waals surface area contributed by atoms with E-state index in [9.17, 15) is 5.11 Å². The summed E-state index contributed by atoms with van der Waals surface area (Å²) in [6.45, 7) is 4.59. The second-order valence-electron chi connectivity index (χ2n) is 10.7. The average Bonchev–Trinajstić information content (AvgIpc) is 2.82. The second kappa shape index (κ2) is 22.8. The van der Waals surface area contributed by atoms with E-state index in [1.54, 1.807) is 0 Å². The Labute approximate surface area is 208 Å². The van der Waals surface area contributed by atoms with Gasteiger partial charge in [-0.25, -0.2) is 0 Å². The summed E-state index contributed by atoms with van der Waals surface area (Å²) in [6.07, 6.45) is 32.4. The van der Waals surface area contributed by atoms with Gasteiger partial charge in [-0.2, -0.15) is 0 Å². The molecule has 0 bridgehead atoms. The SMILES string of the molecule is CCCCCCCCCCCCC(CCCCCCCCCCCC)Cc1ccc(O)cc1. The molecular formula is C32H58O. The Morgan fingerprint density at radius 2 is 0.818 bits per heavy atom. The molecule has 1 heteroatoms. The molecule has 0 fully saturated rings. The van der Waals surface area contributed by atoms with Gasteiger partial charge in [0.1, 0.15) is 5.75 Å². The number of rotatable bonds is 24. The third-order valence-corrected chi connectivity index (χ3v) is 7.39. The van der Waals surface area contributed by atoms with Gasteiger partial charge >= 0.3 is 0 Å². The predicted molar refractivity (Wildman–Crippen MR) is 148 cm³/mol. The second-order valence-corrected chi connectivity index (χ2v) is 10.7. The molecule has 0 amide bonds. The van der Waals surface area contributed by atoms with Gasteiger partial charge in [0.05, 0.1) is 0 Å². The first-order valence-electron chi connectivity index (χ1n) is 15.0. The Bertz CT molecular complexity index is 482. The number of phenolic OH excluding ortho intramolecular Hbond substituents is 1. The molecule has 1 aromatic rings. The first kappa shape index (κ1) is 30.1. The van der Waals surface area contributed by atoms with Gasteiger partial charge in [-0.05, 0) is 30.0 Å². The molecule has 0 atom stereocenters. The number of unbranched alkanes of at least 4 members (excludes halogenated alkanes) is 18. The number of benzene rings is 1. The molecule has 0 heterocycles. The quantitative estimate of drug-likeness (QED) is 0.153. The molecule has 192 valence electrons. The zero-order valence-corrected chi connectivity index (χ0v) is 22.6. The van der Waals surface area contributed by atoms with Crippen molar-refractivity contribution in [2.45, 2.75) is 162 Å². The summed E-state index contributed by atoms with van der Waals surface area (Å²) in [7, 11) is 0. The van der Waals surface area contributed by atoms with Gasteiger partial charge in [0, 0.05) is 0 Å². The van der Waals surface area contributed by atoms with Crippen molar-refractivity contribution < 1.29 is 5.11 Å². The number of hydrogen-bond donors (Lipinski definition) is 1. The van der Waals surface area contributed by atoms with Gasteiger partial charge < -0.3 is 5.11 Å². The average molecular weight is 459 g/mol. The molecule has 0 radical (unpaired) electrons. The zero-order chi connectivity index (χ0) is 23.8. The topological polar surface area (TPSA) is 20.2 Å². The van der Waals surface area contributed by atoms with E-state index in [1.165, 1.54) is 153 Å². The van der Waals surface area contributed by atoms with Crippen LogP contribution in [0.15, 0.2) is 24.3 Å². The molecule has 0 aliphatic rings. The number of phenols is 1. The fraction of sp³-hybridized carbons (Fsp3) is 0.812. The Kier molecular flexibility index (Phi) is 20.8. The molecule has 0 unspecified atom stereocenters. The van der Waals surface area contributed by atoms with E-state index in [0.717, 1.165) is 5.92 Å². The van der Waals surface area contributed by atoms with Gasteiger partial charge in [0.15, 0.2) is 0 Å². The largest absolute Gasteiger partial charge is 0.508 e. The van der Waals surface area contributed by atoms with Crippen molar-refractivity contribution in [3.63, 3.8) is 0 Å². The van der Waals surface area contributed by atoms with Crippen LogP contribution in [0.5, 0.6) is 5.75 Å². The van der Waals surface area contributed by atoms with Crippen molar-refractivity contribution in [3.05, 3.63) is 29.8 Å². The van der Waals surface area contributed by atoms with E-state index < -0.39 is 0 Å². The van der Waals surface area contributed by atoms with E-state index in [4.69, 9.17) is 0 Å². The highest BCUT2D eigenvalue weighted by atomic mass is 16.3. The van der Waals surface area contributed by atoms with E-state index in [-0.39, 0.29) is 0 Å². The third-order valence-electron chi connectivity index (χ3n) is 7.39. The van der Waals surface area contributed by atoms with Crippen molar-refractivity contribution in [3.8, 4) is 5.75 Å². The van der Waals surface area contributed by atoms with Gasteiger partial charge in [0.25, 0.3) is 0 Å². The normalized spacial score (nSPS) is 11.5. The highest BCUT2D eigenvalue weighted by molar-refractivity contribution is 5.26. The van der Waals surface area contributed by atoms with Crippen LogP contribution in [-0.4, -0.2) is 5.11 Å². The lowest BCUT2D eigenvalue weighted by Gasteiger charge is -2.17. The zero-order valence-electron chi connectivity index (χ0n) is 22.6. The first-order chi connectivity index (χ1) is 16.3. The van der Waals surface area contributed by atoms with Crippen LogP contribution in [0.2, 0.25) is 0 Å². The van der Waals surface area contributed by atoms with Crippen LogP contribution in [0.25, 0.3) is 0 Å². The van der Waals surface area contributed by atoms with E-state index in [1.807, 2.05) is 12.1 Å². The molecule has 1 nitrogen and oxygen atoms in total. The molecule has 0 aromatic heterocycles. The lowest BCUT2D eigenvalue weighted by atomic mass is 9.88. The van der Waals surface area contributed by atoms with Gasteiger partial charge in [0.2, 0.25) is 0 Å². The maximum Gasteiger partial charge on any atom is 0.115 e. The summed E-state index contributed by atoms with van der Waals surface area (Å²) in [4.78, 5) is 0. The summed E-state index contributed by atoms with van der Waals surface area (Å²) in [6, 6.07) is 7.96. The van der Waals surface area contributed by atoms with Crippen molar-refractivity contribution >= 4 is 0 Å². The lowest BCUT2D eigenvalue weighted by molar-refractivity contribution is 0.399. The van der Waals surface area contributed by atoms with Crippen molar-refractivity contribution in [2.24, 2.45) is 5.92 Å². The maximum absolute atomic E-state index is 9.60. The molecule has 1 rings (SSSR count). The highest BCUT2D eigenvalue weighted by Gasteiger charge is 2.10. The van der Waals surface area contributed by atoms with Crippen molar-refractivity contribution in [2.75, 3.05) is 0 Å². The smallest absolute Gasteiger partial charge is 0.115 e. The first-order valence-corrected chi connectivity index (χ1v) is 15.0. The number of aromatic hydroxyl groups is 1. The highest BCUT2D eigenvalue weighted by Crippen LogP contribution is 2.24. The van der Waals surface area contributed by atoms with E-state index in [0.29, 0.717) is 5.75 Å². The molecule has 1 aromatic carbocycles. The van der Waals surface area contributed by atoms with Gasteiger partial charge in [-0.1, -0.05) is 167 Å². The number of hydrogen-bond acceptors (Lipinski definition) is 1. The van der Waals surface area contributed by atoms with Gasteiger partial charge in [-0.15, -0.1) is 0 Å². The van der Waals surface area contributed by atoms with Crippen molar-refractivity contribution in [1.29, 1.82) is 0 Å². The summed E-state index contributed by atoms with van der Waals surface area (Å²) in [5, 5.41) is 9.60. The van der Waals surface area contributed by atoms with E-state index in [2.05, 4.69) is 26.0 Å². The van der Waals surface area contributed by atoms with Crippen LogP contribution in [0.3, 0.4) is 0 Å². The van der Waals surface area contributed by atoms with Crippen LogP contribution < -0.4 is 0 Å². The fourth-order valence-corrected chi connectivity index (χ4v) is 5.15. The molecule has 0 saturated carbocycles. The molecular weight excluding hydrogens is 400 g/mol. The predicted octanol–water partition coefficient (Wildman–Crippen LogP) is 11.2. The Morgan fingerprint density at radius 1 is 0.485 bits per heavy atom. The fourth-order valence-electron chi connectivity index (χ4n) is 5.15. The standard InChI is InChI=1S/C32H58O/c1-3-5-7-9-11-13-15-17-19-21-23-30(29-31-25-27-32(33)28-26-31)24-22-20-18-16-14-12-10-8-6-4-2/h25-28,30,33H,3-24,29H2,1-2H3. The molecule has 33 heavy (non-hydrogen) atoms. The van der Waals surface area contributed by atoms with Crippen LogP contribution in [0.4, 0.5) is 0 Å². The minimum atomic E-state index is 0.389. The van der Waals surface area contributed by atoms with Gasteiger partial charge in [-0.3, -0.25) is 0 Å². The molecule has 0 saturated heterocycles. The molecule has 0 aliphatic carbocycles. The minimum Gasteiger partial charge on any atom is -0.508 e. The molecule has 0 aliphatic heterocycles. The van der Waals surface area contributed by atoms with Crippen LogP contribution >= 0.6 is 0 Å². The minimum absolute atomic E-state index is 0.389. The maximum atomic E-state index is 9.60. The Hall–Kier alpha value is -0.980. The molecule has 1 N–H and O–H groups in total. The Morgan fingerprint density at radius 3 is 1.18 bits per heavy atom. The van der Waals surface area contributed by atoms with Crippen LogP contribution in [-0.2, 0) is 6.42 Å². The third kappa shape index (κ3) is 19.1. The monoisotopic (exact) mass is 458 g/mol. The summed E-state index contributed by atoms with van der Waals surface area (Å²) in [5.41, 5.74) is 1.40. The summed E-state index contributed by atoms with van der Waals surface area (Å²) >= 11 is 0. The summed E-state index contributed by atoms with van der Waals surface area (Å²) in [5.74, 6) is 1.21. The van der Waals surface area contributed by atoms with Crippen LogP contribution in [0.1, 0.15) is 161 Å². The van der Waals surface area contributed by atoms with Crippen molar-refractivity contribution in [1.82, 2.24) is 0 Å². The van der Waals surface area contributed by atoms with E-state index >= 15 is 0 Å². The Balaban J connectivity index is 2.17. The summed E-state index contributed by atoms with van der Waals surface area (Å²) < 4.78 is 0. The van der Waals surface area contributed by atoms with Crippen LogP contribution in [0, 0.1) is 5.92 Å².